The van der Waals surface area contributed by atoms with Crippen LogP contribution in [-0.4, -0.2) is 28.3 Å². The predicted octanol–water partition coefficient (Wildman–Crippen LogP) is 2.48. The number of aryl methyl sites for hydroxylation is 1. The fourth-order valence-corrected chi connectivity index (χ4v) is 3.57. The minimum absolute atomic E-state index is 0.164. The second-order valence-electron chi connectivity index (χ2n) is 7.72. The highest BCUT2D eigenvalue weighted by molar-refractivity contribution is 6.02. The topological polar surface area (TPSA) is 120 Å². The third kappa shape index (κ3) is 3.69. The summed E-state index contributed by atoms with van der Waals surface area (Å²) in [4.78, 5) is 20.0. The number of primary amides is 1. The molecule has 1 amide bonds. The van der Waals surface area contributed by atoms with Gasteiger partial charge in [-0.15, -0.1) is 0 Å². The molecule has 0 radical (unpaired) electrons. The number of allylic oxidation sites excluding steroid dienone is 1. The lowest BCUT2D eigenvalue weighted by atomic mass is 9.91. The van der Waals surface area contributed by atoms with Gasteiger partial charge in [-0.2, -0.15) is 4.98 Å². The molecule has 7 heteroatoms. The maximum absolute atomic E-state index is 10.9. The van der Waals surface area contributed by atoms with Gasteiger partial charge in [0.1, 0.15) is 0 Å². The Morgan fingerprint density at radius 3 is 2.71 bits per heavy atom. The lowest BCUT2D eigenvalue weighted by Gasteiger charge is -2.13. The molecular weight excluding hydrogens is 354 g/mol. The van der Waals surface area contributed by atoms with E-state index in [0.29, 0.717) is 29.9 Å². The standard InChI is InChI=1S/C21H25N5O2/c1-13-4-2-3-5-15(13)21(9-10-21)20-25-19(28-26-20)16(22)12-17(14-6-7-14)24-11-8-18(23)27/h2-5,12,14H,6-11,22H2,1H3,(H2,23,27)/b16-12-,24-17?. The van der Waals surface area contributed by atoms with Crippen molar-refractivity contribution in [2.45, 2.75) is 44.4 Å². The molecule has 2 saturated carbocycles. The Balaban J connectivity index is 1.56. The van der Waals surface area contributed by atoms with Gasteiger partial charge in [0.05, 0.1) is 11.1 Å². The fourth-order valence-electron chi connectivity index (χ4n) is 3.57. The lowest BCUT2D eigenvalue weighted by Crippen LogP contribution is -2.13. The summed E-state index contributed by atoms with van der Waals surface area (Å²) in [6, 6.07) is 8.32. The summed E-state index contributed by atoms with van der Waals surface area (Å²) in [6.45, 7) is 2.48. The van der Waals surface area contributed by atoms with Crippen LogP contribution in [0.1, 0.15) is 54.9 Å². The van der Waals surface area contributed by atoms with Gasteiger partial charge in [-0.1, -0.05) is 29.4 Å². The smallest absolute Gasteiger partial charge is 0.273 e. The quantitative estimate of drug-likeness (QED) is 0.683. The number of carbonyl (C=O) groups excluding carboxylic acids is 1. The van der Waals surface area contributed by atoms with Crippen LogP contribution < -0.4 is 11.5 Å². The Morgan fingerprint density at radius 2 is 2.07 bits per heavy atom. The van der Waals surface area contributed by atoms with E-state index in [1.807, 2.05) is 12.1 Å². The van der Waals surface area contributed by atoms with Gasteiger partial charge in [-0.25, -0.2) is 0 Å². The zero-order valence-electron chi connectivity index (χ0n) is 16.0. The minimum atomic E-state index is -0.358. The van der Waals surface area contributed by atoms with Gasteiger partial charge in [0, 0.05) is 24.6 Å². The summed E-state index contributed by atoms with van der Waals surface area (Å²) in [5.41, 5.74) is 15.0. The molecule has 0 aliphatic heterocycles. The fraction of sp³-hybridized carbons (Fsp3) is 0.429. The third-order valence-corrected chi connectivity index (χ3v) is 5.46. The number of amides is 1. The first kappa shape index (κ1) is 18.4. The minimum Gasteiger partial charge on any atom is -0.394 e. The number of hydrogen-bond acceptors (Lipinski definition) is 6. The number of carbonyl (C=O) groups is 1. The van der Waals surface area contributed by atoms with Crippen LogP contribution in [0.15, 0.2) is 39.9 Å². The number of aliphatic imine (C=N–C) groups is 1. The largest absolute Gasteiger partial charge is 0.394 e. The van der Waals surface area contributed by atoms with E-state index in [4.69, 9.17) is 16.0 Å². The van der Waals surface area contributed by atoms with Crippen molar-refractivity contribution in [2.75, 3.05) is 6.54 Å². The second kappa shape index (κ2) is 7.22. The monoisotopic (exact) mass is 379 g/mol. The molecule has 0 saturated heterocycles. The number of hydrogen-bond donors (Lipinski definition) is 2. The van der Waals surface area contributed by atoms with Crippen molar-refractivity contribution in [3.05, 3.63) is 53.2 Å². The molecule has 4 N–H and O–H groups in total. The van der Waals surface area contributed by atoms with Crippen LogP contribution in [0, 0.1) is 12.8 Å². The summed E-state index contributed by atoms with van der Waals surface area (Å²) in [5, 5.41) is 4.23. The first-order chi connectivity index (χ1) is 13.5. The average molecular weight is 379 g/mol. The molecule has 1 aromatic heterocycles. The Kier molecular flexibility index (Phi) is 4.75. The number of rotatable bonds is 8. The van der Waals surface area contributed by atoms with Crippen molar-refractivity contribution in [3.8, 4) is 0 Å². The zero-order chi connectivity index (χ0) is 19.7. The van der Waals surface area contributed by atoms with E-state index < -0.39 is 0 Å². The third-order valence-electron chi connectivity index (χ3n) is 5.46. The average Bonchev–Trinajstić information content (AvgIpc) is 3.59. The van der Waals surface area contributed by atoms with Crippen LogP contribution in [0.2, 0.25) is 0 Å². The van der Waals surface area contributed by atoms with Crippen LogP contribution in [-0.2, 0) is 10.2 Å². The van der Waals surface area contributed by atoms with E-state index >= 15 is 0 Å². The van der Waals surface area contributed by atoms with Crippen molar-refractivity contribution in [1.29, 1.82) is 0 Å². The van der Waals surface area contributed by atoms with Gasteiger partial charge < -0.3 is 16.0 Å². The van der Waals surface area contributed by atoms with Crippen LogP contribution in [0.25, 0.3) is 5.70 Å². The Labute approximate surface area is 163 Å². The maximum atomic E-state index is 10.9. The van der Waals surface area contributed by atoms with Gasteiger partial charge >= 0.3 is 0 Å². The summed E-state index contributed by atoms with van der Waals surface area (Å²) >= 11 is 0. The van der Waals surface area contributed by atoms with Gasteiger partial charge in [-0.3, -0.25) is 9.79 Å². The highest BCUT2D eigenvalue weighted by atomic mass is 16.5. The van der Waals surface area contributed by atoms with E-state index in [9.17, 15) is 4.79 Å². The molecule has 0 atom stereocenters. The molecule has 28 heavy (non-hydrogen) atoms. The van der Waals surface area contributed by atoms with Crippen LogP contribution >= 0.6 is 0 Å². The van der Waals surface area contributed by atoms with E-state index in [1.165, 1.54) is 11.1 Å². The van der Waals surface area contributed by atoms with Gasteiger partial charge in [0.2, 0.25) is 5.91 Å². The molecule has 7 nitrogen and oxygen atoms in total. The highest BCUT2D eigenvalue weighted by Gasteiger charge is 2.50. The Bertz CT molecular complexity index is 951. The molecule has 2 fully saturated rings. The van der Waals surface area contributed by atoms with Crippen molar-refractivity contribution in [1.82, 2.24) is 10.1 Å². The van der Waals surface area contributed by atoms with E-state index in [-0.39, 0.29) is 17.7 Å². The number of benzene rings is 1. The van der Waals surface area contributed by atoms with Crippen LogP contribution in [0.3, 0.4) is 0 Å². The van der Waals surface area contributed by atoms with E-state index in [2.05, 4.69) is 34.2 Å². The van der Waals surface area contributed by atoms with Crippen LogP contribution in [0.5, 0.6) is 0 Å². The van der Waals surface area contributed by atoms with Crippen molar-refractivity contribution in [2.24, 2.45) is 22.4 Å². The molecule has 1 aromatic carbocycles. The lowest BCUT2D eigenvalue weighted by molar-refractivity contribution is -0.117. The molecule has 2 aliphatic rings. The molecule has 146 valence electrons. The highest BCUT2D eigenvalue weighted by Crippen LogP contribution is 2.53. The SMILES string of the molecule is Cc1ccccc1C1(c2noc(/C(N)=C/C(=NCCC(N)=O)C3CC3)n2)CC1. The number of nitrogens with two attached hydrogens (primary N) is 2. The molecule has 4 rings (SSSR count). The number of aromatic nitrogens is 2. The van der Waals surface area contributed by atoms with Gasteiger partial charge in [-0.05, 0) is 49.8 Å². The molecule has 0 bridgehead atoms. The molecular formula is C21H25N5O2. The van der Waals surface area contributed by atoms with E-state index in [1.54, 1.807) is 6.08 Å². The number of nitrogens with zero attached hydrogens (tertiary/aromatic N) is 3. The Hall–Kier alpha value is -2.96. The second-order valence-corrected chi connectivity index (χ2v) is 7.72. The molecule has 0 spiro atoms. The molecule has 1 heterocycles. The summed E-state index contributed by atoms with van der Waals surface area (Å²) in [5.74, 6) is 1.03. The first-order valence-corrected chi connectivity index (χ1v) is 9.70. The summed E-state index contributed by atoms with van der Waals surface area (Å²) in [6.07, 6.45) is 6.18. The maximum Gasteiger partial charge on any atom is 0.273 e. The zero-order valence-corrected chi connectivity index (χ0v) is 16.0. The van der Waals surface area contributed by atoms with Crippen molar-refractivity contribution in [3.63, 3.8) is 0 Å². The summed E-state index contributed by atoms with van der Waals surface area (Å²) in [7, 11) is 0. The summed E-state index contributed by atoms with van der Waals surface area (Å²) < 4.78 is 5.47. The van der Waals surface area contributed by atoms with Crippen LogP contribution in [0.4, 0.5) is 0 Å². The van der Waals surface area contributed by atoms with Crippen molar-refractivity contribution >= 4 is 17.3 Å². The van der Waals surface area contributed by atoms with Gasteiger partial charge in [0.15, 0.2) is 5.82 Å². The van der Waals surface area contributed by atoms with Gasteiger partial charge in [0.25, 0.3) is 5.89 Å². The molecule has 2 aromatic rings. The predicted molar refractivity (Wildman–Crippen MR) is 106 cm³/mol. The first-order valence-electron chi connectivity index (χ1n) is 9.70. The van der Waals surface area contributed by atoms with Crippen molar-refractivity contribution < 1.29 is 9.32 Å². The van der Waals surface area contributed by atoms with E-state index in [0.717, 1.165) is 31.4 Å². The normalized spacial score (nSPS) is 18.9. The Morgan fingerprint density at radius 1 is 1.32 bits per heavy atom. The molecule has 2 aliphatic carbocycles. The molecule has 0 unspecified atom stereocenters.